The van der Waals surface area contributed by atoms with Gasteiger partial charge in [0.25, 0.3) is 0 Å². The average molecular weight is 305 g/mol. The predicted molar refractivity (Wildman–Crippen MR) is 79.3 cm³/mol. The summed E-state index contributed by atoms with van der Waals surface area (Å²) in [6.07, 6.45) is 1.80. The van der Waals surface area contributed by atoms with E-state index in [1.807, 2.05) is 19.2 Å². The van der Waals surface area contributed by atoms with Crippen LogP contribution in [0.3, 0.4) is 0 Å². The van der Waals surface area contributed by atoms with Crippen molar-refractivity contribution >= 4 is 22.4 Å². The number of hydrogen-bond acceptors (Lipinski definition) is 3. The molecule has 0 saturated carbocycles. The van der Waals surface area contributed by atoms with Gasteiger partial charge in [-0.1, -0.05) is 19.1 Å². The molecule has 0 radical (unpaired) electrons. The van der Waals surface area contributed by atoms with E-state index in [9.17, 15) is 8.42 Å². The highest BCUT2D eigenvalue weighted by molar-refractivity contribution is 7.89. The van der Waals surface area contributed by atoms with E-state index in [2.05, 4.69) is 12.2 Å². The van der Waals surface area contributed by atoms with Gasteiger partial charge >= 0.3 is 0 Å². The molecule has 2 rings (SSSR count). The monoisotopic (exact) mass is 304 g/mol. The molecular weight excluding hydrogens is 284 g/mol. The highest BCUT2D eigenvalue weighted by Gasteiger charge is 2.31. The number of hydrogen-bond donors (Lipinski definition) is 1. The molecule has 1 fully saturated rings. The summed E-state index contributed by atoms with van der Waals surface area (Å²) < 4.78 is 26.4. The maximum atomic E-state index is 12.4. The van der Waals surface area contributed by atoms with Gasteiger partial charge in [0.05, 0.1) is 4.90 Å². The Bertz CT molecular complexity index is 502. The van der Waals surface area contributed by atoms with Crippen molar-refractivity contribution in [3.8, 4) is 0 Å². The van der Waals surface area contributed by atoms with Gasteiger partial charge in [0.15, 0.2) is 0 Å². The van der Waals surface area contributed by atoms with Gasteiger partial charge in [0.1, 0.15) is 0 Å². The highest BCUT2D eigenvalue weighted by Crippen LogP contribution is 2.21. The normalized spacial score (nSPS) is 20.2. The molecule has 1 heterocycles. The first-order valence-corrected chi connectivity index (χ1v) is 7.78. The molecule has 1 atom stereocenters. The second-order valence-electron chi connectivity index (χ2n) is 4.63. The topological polar surface area (TPSA) is 49.4 Å². The number of rotatable bonds is 4. The average Bonchev–Trinajstić information content (AvgIpc) is 2.88. The van der Waals surface area contributed by atoms with Crippen LogP contribution >= 0.6 is 12.4 Å². The summed E-state index contributed by atoms with van der Waals surface area (Å²) in [5.74, 6) is 0. The van der Waals surface area contributed by atoms with Crippen LogP contribution in [0.2, 0.25) is 0 Å². The Morgan fingerprint density at radius 1 is 1.32 bits per heavy atom. The maximum Gasteiger partial charge on any atom is 0.243 e. The summed E-state index contributed by atoms with van der Waals surface area (Å²) in [7, 11) is -1.44. The summed E-state index contributed by atoms with van der Waals surface area (Å²) in [6, 6.07) is 7.47. The fourth-order valence-electron chi connectivity index (χ4n) is 2.23. The van der Waals surface area contributed by atoms with Crippen LogP contribution in [-0.2, 0) is 16.4 Å². The van der Waals surface area contributed by atoms with Crippen molar-refractivity contribution in [1.82, 2.24) is 9.62 Å². The van der Waals surface area contributed by atoms with Crippen LogP contribution in [0.25, 0.3) is 0 Å². The number of benzene rings is 1. The Hall–Kier alpha value is -0.620. The number of likely N-dealkylation sites (N-methyl/N-ethyl adjacent to an activating group) is 1. The lowest BCUT2D eigenvalue weighted by atomic mass is 10.2. The first-order chi connectivity index (χ1) is 8.57. The molecule has 0 aromatic heterocycles. The molecular formula is C13H21ClN2O2S. The molecule has 0 amide bonds. The molecule has 0 aliphatic carbocycles. The number of sulfonamides is 1. The minimum absolute atomic E-state index is 0. The molecule has 1 aromatic rings. The SMILES string of the molecule is CCc1ccc(S(=O)(=O)N2CCC(NC)C2)cc1.Cl. The van der Waals surface area contributed by atoms with Crippen LogP contribution in [0.4, 0.5) is 0 Å². The van der Waals surface area contributed by atoms with E-state index in [0.29, 0.717) is 18.0 Å². The molecule has 1 aliphatic rings. The van der Waals surface area contributed by atoms with E-state index in [0.717, 1.165) is 18.4 Å². The standard InChI is InChI=1S/C13H20N2O2S.ClH/c1-3-11-4-6-13(7-5-11)18(16,17)15-9-8-12(10-15)14-2;/h4-7,12,14H,3,8-10H2,1-2H3;1H. The van der Waals surface area contributed by atoms with E-state index in [-0.39, 0.29) is 18.4 Å². The van der Waals surface area contributed by atoms with Crippen LogP contribution in [0, 0.1) is 0 Å². The van der Waals surface area contributed by atoms with Gasteiger partial charge < -0.3 is 5.32 Å². The Kier molecular flexibility index (Phi) is 5.80. The number of nitrogens with one attached hydrogen (secondary N) is 1. The Morgan fingerprint density at radius 3 is 2.42 bits per heavy atom. The van der Waals surface area contributed by atoms with Crippen LogP contribution in [0.15, 0.2) is 29.2 Å². The Morgan fingerprint density at radius 2 is 1.95 bits per heavy atom. The van der Waals surface area contributed by atoms with Crippen molar-refractivity contribution in [3.63, 3.8) is 0 Å². The molecule has 108 valence electrons. The van der Waals surface area contributed by atoms with Gasteiger partial charge in [-0.15, -0.1) is 12.4 Å². The fourth-order valence-corrected chi connectivity index (χ4v) is 3.73. The van der Waals surface area contributed by atoms with E-state index in [1.54, 1.807) is 16.4 Å². The van der Waals surface area contributed by atoms with E-state index in [4.69, 9.17) is 0 Å². The summed E-state index contributed by atoms with van der Waals surface area (Å²) in [5, 5.41) is 3.13. The summed E-state index contributed by atoms with van der Waals surface area (Å²) in [6.45, 7) is 3.22. The predicted octanol–water partition coefficient (Wildman–Crippen LogP) is 1.65. The molecule has 1 unspecified atom stereocenters. The van der Waals surface area contributed by atoms with Crippen LogP contribution in [-0.4, -0.2) is 38.9 Å². The number of nitrogens with zero attached hydrogens (tertiary/aromatic N) is 1. The molecule has 0 bridgehead atoms. The summed E-state index contributed by atoms with van der Waals surface area (Å²) in [5.41, 5.74) is 1.16. The van der Waals surface area contributed by atoms with E-state index < -0.39 is 10.0 Å². The van der Waals surface area contributed by atoms with Gasteiger partial charge in [0, 0.05) is 19.1 Å². The summed E-state index contributed by atoms with van der Waals surface area (Å²) in [4.78, 5) is 0.399. The molecule has 19 heavy (non-hydrogen) atoms. The maximum absolute atomic E-state index is 12.4. The third-order valence-electron chi connectivity index (χ3n) is 3.53. The molecule has 1 aliphatic heterocycles. The molecule has 4 nitrogen and oxygen atoms in total. The quantitative estimate of drug-likeness (QED) is 0.920. The highest BCUT2D eigenvalue weighted by atomic mass is 35.5. The molecule has 0 spiro atoms. The van der Waals surface area contributed by atoms with Crippen molar-refractivity contribution in [2.75, 3.05) is 20.1 Å². The Labute approximate surface area is 121 Å². The van der Waals surface area contributed by atoms with Crippen molar-refractivity contribution in [2.24, 2.45) is 0 Å². The smallest absolute Gasteiger partial charge is 0.243 e. The minimum Gasteiger partial charge on any atom is -0.316 e. The fraction of sp³-hybridized carbons (Fsp3) is 0.538. The van der Waals surface area contributed by atoms with Gasteiger partial charge in [-0.25, -0.2) is 8.42 Å². The second-order valence-corrected chi connectivity index (χ2v) is 6.57. The molecule has 6 heteroatoms. The number of halogens is 1. The second kappa shape index (κ2) is 6.70. The first-order valence-electron chi connectivity index (χ1n) is 6.34. The zero-order valence-electron chi connectivity index (χ0n) is 11.3. The third-order valence-corrected chi connectivity index (χ3v) is 5.41. The largest absolute Gasteiger partial charge is 0.316 e. The molecule has 1 saturated heterocycles. The van der Waals surface area contributed by atoms with Crippen LogP contribution in [0.5, 0.6) is 0 Å². The van der Waals surface area contributed by atoms with Gasteiger partial charge in [-0.2, -0.15) is 4.31 Å². The summed E-state index contributed by atoms with van der Waals surface area (Å²) >= 11 is 0. The van der Waals surface area contributed by atoms with Crippen molar-refractivity contribution in [1.29, 1.82) is 0 Å². The first kappa shape index (κ1) is 16.4. The van der Waals surface area contributed by atoms with Gasteiger partial charge in [-0.3, -0.25) is 0 Å². The van der Waals surface area contributed by atoms with Crippen molar-refractivity contribution in [2.45, 2.75) is 30.7 Å². The molecule has 1 aromatic carbocycles. The zero-order chi connectivity index (χ0) is 13.2. The van der Waals surface area contributed by atoms with Crippen molar-refractivity contribution < 1.29 is 8.42 Å². The number of aryl methyl sites for hydroxylation is 1. The molecule has 1 N–H and O–H groups in total. The van der Waals surface area contributed by atoms with Crippen LogP contribution in [0.1, 0.15) is 18.9 Å². The van der Waals surface area contributed by atoms with Crippen molar-refractivity contribution in [3.05, 3.63) is 29.8 Å². The van der Waals surface area contributed by atoms with Gasteiger partial charge in [-0.05, 0) is 37.6 Å². The lowest BCUT2D eigenvalue weighted by Crippen LogP contribution is -2.33. The van der Waals surface area contributed by atoms with E-state index >= 15 is 0 Å². The zero-order valence-corrected chi connectivity index (χ0v) is 12.9. The lowest BCUT2D eigenvalue weighted by molar-refractivity contribution is 0.464. The lowest BCUT2D eigenvalue weighted by Gasteiger charge is -2.16. The Balaban J connectivity index is 0.00000180. The van der Waals surface area contributed by atoms with Crippen LogP contribution < -0.4 is 5.32 Å². The third kappa shape index (κ3) is 3.48. The van der Waals surface area contributed by atoms with Gasteiger partial charge in [0.2, 0.25) is 10.0 Å². The minimum atomic E-state index is -3.31. The van der Waals surface area contributed by atoms with E-state index in [1.165, 1.54) is 0 Å².